The van der Waals surface area contributed by atoms with Gasteiger partial charge in [0.15, 0.2) is 11.6 Å². The molecule has 1 aromatic heterocycles. The Hall–Kier alpha value is -2.77. The zero-order chi connectivity index (χ0) is 19.7. The first-order chi connectivity index (χ1) is 11.9. The number of alkyl halides is 3. The van der Waals surface area contributed by atoms with E-state index in [1.807, 2.05) is 0 Å². The second-order valence-corrected chi connectivity index (χ2v) is 6.62. The molecule has 1 aromatic carbocycles. The maximum atomic E-state index is 12.8. The standard InChI is InChI=1S/C18H20F3N3O2/c1-17(2,16(26)24(3)4)23-15-14(25)9-12(10-22-15)11-6-5-7-13(8-11)18(19,20)21/h5-10,25H,1-4H3,(H,22,23). The van der Waals surface area contributed by atoms with Gasteiger partial charge in [-0.15, -0.1) is 0 Å². The quantitative estimate of drug-likeness (QED) is 0.864. The molecule has 0 aliphatic rings. The Morgan fingerprint density at radius 2 is 1.81 bits per heavy atom. The Kier molecular flexibility index (Phi) is 5.16. The van der Waals surface area contributed by atoms with Crippen LogP contribution in [0.1, 0.15) is 19.4 Å². The van der Waals surface area contributed by atoms with Crippen LogP contribution in [0.2, 0.25) is 0 Å². The maximum absolute atomic E-state index is 12.8. The summed E-state index contributed by atoms with van der Waals surface area (Å²) < 4.78 is 38.5. The minimum atomic E-state index is -4.45. The molecule has 0 unspecified atom stereocenters. The predicted octanol–water partition coefficient (Wildman–Crippen LogP) is 3.75. The first-order valence-electron chi connectivity index (χ1n) is 7.78. The summed E-state index contributed by atoms with van der Waals surface area (Å²) >= 11 is 0. The number of amides is 1. The van der Waals surface area contributed by atoms with Crippen molar-refractivity contribution in [3.8, 4) is 16.9 Å². The van der Waals surface area contributed by atoms with E-state index in [4.69, 9.17) is 0 Å². The minimum absolute atomic E-state index is 0.0703. The van der Waals surface area contributed by atoms with Crippen molar-refractivity contribution in [3.63, 3.8) is 0 Å². The number of anilines is 1. The van der Waals surface area contributed by atoms with Gasteiger partial charge >= 0.3 is 6.18 Å². The molecule has 0 saturated carbocycles. The van der Waals surface area contributed by atoms with Crippen LogP contribution in [-0.2, 0) is 11.0 Å². The lowest BCUT2D eigenvalue weighted by Gasteiger charge is -2.29. The van der Waals surface area contributed by atoms with E-state index in [1.165, 1.54) is 29.3 Å². The zero-order valence-electron chi connectivity index (χ0n) is 14.8. The van der Waals surface area contributed by atoms with Gasteiger partial charge in [0.25, 0.3) is 0 Å². The number of carbonyl (C=O) groups excluding carboxylic acids is 1. The van der Waals surface area contributed by atoms with Crippen LogP contribution in [0.15, 0.2) is 36.5 Å². The number of nitrogens with one attached hydrogen (secondary N) is 1. The summed E-state index contributed by atoms with van der Waals surface area (Å²) in [5, 5.41) is 13.0. The number of aromatic hydroxyl groups is 1. The Bertz CT molecular complexity index is 818. The van der Waals surface area contributed by atoms with E-state index < -0.39 is 17.3 Å². The lowest BCUT2D eigenvalue weighted by molar-refractivity contribution is -0.137. The van der Waals surface area contributed by atoms with Crippen LogP contribution in [0.4, 0.5) is 19.0 Å². The van der Waals surface area contributed by atoms with Crippen molar-refractivity contribution < 1.29 is 23.1 Å². The molecular formula is C18H20F3N3O2. The summed E-state index contributed by atoms with van der Waals surface area (Å²) in [4.78, 5) is 17.6. The SMILES string of the molecule is CN(C)C(=O)C(C)(C)Nc1ncc(-c2cccc(C(F)(F)F)c2)cc1O. The van der Waals surface area contributed by atoms with Gasteiger partial charge in [-0.25, -0.2) is 4.98 Å². The van der Waals surface area contributed by atoms with E-state index in [9.17, 15) is 23.1 Å². The molecule has 0 spiro atoms. The smallest absolute Gasteiger partial charge is 0.416 e. The monoisotopic (exact) mass is 367 g/mol. The van der Waals surface area contributed by atoms with Crippen molar-refractivity contribution in [2.45, 2.75) is 25.6 Å². The highest BCUT2D eigenvalue weighted by molar-refractivity contribution is 5.88. The highest BCUT2D eigenvalue weighted by Crippen LogP contribution is 2.34. The second kappa shape index (κ2) is 6.86. The summed E-state index contributed by atoms with van der Waals surface area (Å²) in [6.45, 7) is 3.27. The van der Waals surface area contributed by atoms with Gasteiger partial charge in [-0.2, -0.15) is 13.2 Å². The van der Waals surface area contributed by atoms with E-state index in [1.54, 1.807) is 27.9 Å². The first kappa shape index (κ1) is 19.6. The largest absolute Gasteiger partial charge is 0.504 e. The predicted molar refractivity (Wildman–Crippen MR) is 92.7 cm³/mol. The number of hydrogen-bond donors (Lipinski definition) is 2. The number of pyridine rings is 1. The average Bonchev–Trinajstić information content (AvgIpc) is 2.55. The Morgan fingerprint density at radius 1 is 1.15 bits per heavy atom. The van der Waals surface area contributed by atoms with Gasteiger partial charge in [-0.05, 0) is 37.6 Å². The van der Waals surface area contributed by atoms with Crippen molar-refractivity contribution in [1.82, 2.24) is 9.88 Å². The number of nitrogens with zero attached hydrogens (tertiary/aromatic N) is 2. The summed E-state index contributed by atoms with van der Waals surface area (Å²) in [5.41, 5.74) is -1.20. The Morgan fingerprint density at radius 3 is 2.35 bits per heavy atom. The molecule has 0 saturated heterocycles. The second-order valence-electron chi connectivity index (χ2n) is 6.62. The highest BCUT2D eigenvalue weighted by atomic mass is 19.4. The number of likely N-dealkylation sites (N-methyl/N-ethyl adjacent to an activating group) is 1. The normalized spacial score (nSPS) is 12.0. The molecule has 0 bridgehead atoms. The molecule has 8 heteroatoms. The molecule has 5 nitrogen and oxygen atoms in total. The van der Waals surface area contributed by atoms with Crippen LogP contribution in [-0.4, -0.2) is 40.5 Å². The van der Waals surface area contributed by atoms with Crippen molar-refractivity contribution in [3.05, 3.63) is 42.1 Å². The Labute approximate surface area is 149 Å². The highest BCUT2D eigenvalue weighted by Gasteiger charge is 2.31. The van der Waals surface area contributed by atoms with Gasteiger partial charge in [-0.3, -0.25) is 4.79 Å². The van der Waals surface area contributed by atoms with E-state index in [2.05, 4.69) is 10.3 Å². The molecule has 2 aromatic rings. The van der Waals surface area contributed by atoms with Crippen LogP contribution in [0, 0.1) is 0 Å². The minimum Gasteiger partial charge on any atom is -0.504 e. The van der Waals surface area contributed by atoms with Crippen molar-refractivity contribution in [2.75, 3.05) is 19.4 Å². The van der Waals surface area contributed by atoms with Crippen molar-refractivity contribution >= 4 is 11.7 Å². The van der Waals surface area contributed by atoms with Crippen LogP contribution in [0.5, 0.6) is 5.75 Å². The fourth-order valence-electron chi connectivity index (χ4n) is 2.49. The molecule has 2 rings (SSSR count). The van der Waals surface area contributed by atoms with Gasteiger partial charge < -0.3 is 15.3 Å². The zero-order valence-corrected chi connectivity index (χ0v) is 14.8. The van der Waals surface area contributed by atoms with E-state index in [-0.39, 0.29) is 23.0 Å². The molecular weight excluding hydrogens is 347 g/mol. The molecule has 0 atom stereocenters. The Balaban J connectivity index is 2.32. The van der Waals surface area contributed by atoms with E-state index in [0.29, 0.717) is 5.56 Å². The third-order valence-corrected chi connectivity index (χ3v) is 3.76. The van der Waals surface area contributed by atoms with Crippen molar-refractivity contribution in [1.29, 1.82) is 0 Å². The van der Waals surface area contributed by atoms with E-state index in [0.717, 1.165) is 12.1 Å². The van der Waals surface area contributed by atoms with Gasteiger partial charge in [0.1, 0.15) is 5.54 Å². The summed E-state index contributed by atoms with van der Waals surface area (Å²) in [7, 11) is 3.21. The molecule has 0 aliphatic carbocycles. The number of halogens is 3. The molecule has 2 N–H and O–H groups in total. The molecule has 0 aliphatic heterocycles. The average molecular weight is 367 g/mol. The van der Waals surface area contributed by atoms with Crippen LogP contribution < -0.4 is 5.32 Å². The molecule has 1 heterocycles. The lowest BCUT2D eigenvalue weighted by Crippen LogP contribution is -2.47. The van der Waals surface area contributed by atoms with Crippen LogP contribution in [0.3, 0.4) is 0 Å². The lowest BCUT2D eigenvalue weighted by atomic mass is 10.0. The van der Waals surface area contributed by atoms with Crippen LogP contribution >= 0.6 is 0 Å². The molecule has 1 amide bonds. The topological polar surface area (TPSA) is 65.5 Å². The number of benzene rings is 1. The fourth-order valence-corrected chi connectivity index (χ4v) is 2.49. The van der Waals surface area contributed by atoms with Gasteiger partial charge in [0.05, 0.1) is 5.56 Å². The first-order valence-corrected chi connectivity index (χ1v) is 7.78. The van der Waals surface area contributed by atoms with E-state index >= 15 is 0 Å². The third-order valence-electron chi connectivity index (χ3n) is 3.76. The summed E-state index contributed by atoms with van der Waals surface area (Å²) in [6, 6.07) is 6.06. The summed E-state index contributed by atoms with van der Waals surface area (Å²) in [6.07, 6.45) is -3.11. The van der Waals surface area contributed by atoms with Crippen LogP contribution in [0.25, 0.3) is 11.1 Å². The molecule has 26 heavy (non-hydrogen) atoms. The number of rotatable bonds is 4. The molecule has 0 fully saturated rings. The number of carbonyl (C=O) groups is 1. The van der Waals surface area contributed by atoms with Crippen molar-refractivity contribution in [2.24, 2.45) is 0 Å². The van der Waals surface area contributed by atoms with Gasteiger partial charge in [0.2, 0.25) is 5.91 Å². The molecule has 140 valence electrons. The third kappa shape index (κ3) is 4.25. The molecule has 0 radical (unpaired) electrons. The number of aromatic nitrogens is 1. The number of hydrogen-bond acceptors (Lipinski definition) is 4. The van der Waals surface area contributed by atoms with Gasteiger partial charge in [0, 0.05) is 25.9 Å². The van der Waals surface area contributed by atoms with Gasteiger partial charge in [-0.1, -0.05) is 12.1 Å². The fraction of sp³-hybridized carbons (Fsp3) is 0.333. The summed E-state index contributed by atoms with van der Waals surface area (Å²) in [5.74, 6) is -0.416. The maximum Gasteiger partial charge on any atom is 0.416 e.